The number of likely N-dealkylation sites (N-methyl/N-ethyl adjacent to an activating group) is 1. The minimum atomic E-state index is -4.71. The first-order valence-electron chi connectivity index (χ1n) is 30.8. The number of nitrogens with one attached hydrogen (secondary N) is 1. The van der Waals surface area contributed by atoms with Gasteiger partial charge in [0.25, 0.3) is 7.82 Å². The number of rotatable bonds is 55. The summed E-state index contributed by atoms with van der Waals surface area (Å²) < 4.78 is 30.3. The average Bonchev–Trinajstić information content (AvgIpc) is 3.36. The molecule has 0 aromatic carbocycles. The third-order valence-corrected chi connectivity index (χ3v) is 14.4. The summed E-state index contributed by atoms with van der Waals surface area (Å²) in [7, 11) is 1.16. The van der Waals surface area contributed by atoms with Gasteiger partial charge in [-0.25, -0.2) is 0 Å². The smallest absolute Gasteiger partial charge is 0.306 e. The van der Waals surface area contributed by atoms with Crippen LogP contribution in [-0.4, -0.2) is 69.4 Å². The van der Waals surface area contributed by atoms with Crippen LogP contribution in [0.5, 0.6) is 0 Å². The first kappa shape index (κ1) is 71.5. The van der Waals surface area contributed by atoms with E-state index < -0.39 is 26.6 Å². The summed E-state index contributed by atoms with van der Waals surface area (Å²) in [4.78, 5) is 40.0. The molecule has 0 saturated heterocycles. The second-order valence-corrected chi connectivity index (χ2v) is 23.3. The summed E-state index contributed by atoms with van der Waals surface area (Å²) in [5.74, 6) is -0.585. The molecule has 3 unspecified atom stereocenters. The molecule has 0 rings (SSSR count). The summed E-state index contributed by atoms with van der Waals surface area (Å²) in [6, 6.07) is -0.910. The van der Waals surface area contributed by atoms with Crippen LogP contribution in [0.15, 0.2) is 72.9 Å². The SMILES string of the molecule is CCCCC/C=C\C/C=C\C/C=C\CCCCCCCCC(=O)OC(/C=C/CCCCCCCCCCCCC)C(COP(=O)([O-])OCC[N+](C)(C)C)NC(=O)CCCCC/C=C/C=C/CCCCCCCCC. The molecular formula is C64H117N2O7P. The van der Waals surface area contributed by atoms with Crippen LogP contribution >= 0.6 is 7.82 Å². The van der Waals surface area contributed by atoms with E-state index in [4.69, 9.17) is 13.8 Å². The number of esters is 1. The van der Waals surface area contributed by atoms with Crippen LogP contribution in [0.4, 0.5) is 0 Å². The molecular weight excluding hydrogens is 940 g/mol. The van der Waals surface area contributed by atoms with Crippen LogP contribution in [0.1, 0.15) is 271 Å². The Labute approximate surface area is 457 Å². The highest BCUT2D eigenvalue weighted by molar-refractivity contribution is 7.45. The van der Waals surface area contributed by atoms with E-state index in [-0.39, 0.29) is 31.3 Å². The number of hydrogen-bond acceptors (Lipinski definition) is 7. The maximum atomic E-state index is 13.5. The standard InChI is InChI=1S/C64H117N2O7P/c1-7-10-13-16-19-22-25-28-30-32-33-34-36-39-42-45-48-51-54-57-64(68)73-62(55-52-49-46-43-40-37-27-24-21-18-15-12-9-3)61(60-72-74(69,70)71-59-58-66(4,5)6)65-63(67)56-53-50-47-44-41-38-35-31-29-26-23-20-17-14-11-8-2/h19,22,28,30-31,33-35,38,41,52,55,61-62H,7-18,20-21,23-27,29,32,36-37,39-40,42-51,53-54,56-60H2,1-6H3,(H-,65,67,69,70)/b22-19-,30-28-,34-33-,35-31+,41-38+,55-52+. The van der Waals surface area contributed by atoms with Gasteiger partial charge < -0.3 is 28.5 Å². The Hall–Kier alpha value is -2.55. The van der Waals surface area contributed by atoms with Crippen molar-refractivity contribution in [3.8, 4) is 0 Å². The molecule has 0 bridgehead atoms. The van der Waals surface area contributed by atoms with E-state index >= 15 is 0 Å². The quantitative estimate of drug-likeness (QED) is 0.0161. The lowest BCUT2D eigenvalue weighted by Crippen LogP contribution is -2.47. The molecule has 0 aliphatic carbocycles. The van der Waals surface area contributed by atoms with Crippen LogP contribution < -0.4 is 10.2 Å². The number of phosphoric ester groups is 1. The van der Waals surface area contributed by atoms with Gasteiger partial charge in [-0.3, -0.25) is 14.2 Å². The summed E-state index contributed by atoms with van der Waals surface area (Å²) in [5, 5.41) is 3.01. The molecule has 1 amide bonds. The van der Waals surface area contributed by atoms with Gasteiger partial charge in [-0.05, 0) is 96.0 Å². The van der Waals surface area contributed by atoms with Gasteiger partial charge in [-0.1, -0.05) is 235 Å². The van der Waals surface area contributed by atoms with E-state index in [0.29, 0.717) is 23.9 Å². The zero-order chi connectivity index (χ0) is 54.3. The van der Waals surface area contributed by atoms with E-state index in [1.165, 1.54) is 128 Å². The maximum absolute atomic E-state index is 13.5. The van der Waals surface area contributed by atoms with Gasteiger partial charge in [-0.15, -0.1) is 0 Å². The molecule has 9 nitrogen and oxygen atoms in total. The second-order valence-electron chi connectivity index (χ2n) is 21.9. The number of carbonyl (C=O) groups is 2. The number of quaternary nitrogens is 1. The van der Waals surface area contributed by atoms with Crippen molar-refractivity contribution < 1.29 is 37.3 Å². The molecule has 0 heterocycles. The predicted octanol–water partition coefficient (Wildman–Crippen LogP) is 18.2. The minimum Gasteiger partial charge on any atom is -0.756 e. The lowest BCUT2D eigenvalue weighted by molar-refractivity contribution is -0.870. The predicted molar refractivity (Wildman–Crippen MR) is 316 cm³/mol. The Morgan fingerprint density at radius 1 is 0.486 bits per heavy atom. The van der Waals surface area contributed by atoms with Gasteiger partial charge in [0.05, 0.1) is 33.8 Å². The molecule has 0 aromatic heterocycles. The largest absolute Gasteiger partial charge is 0.756 e. The van der Waals surface area contributed by atoms with Crippen molar-refractivity contribution in [3.63, 3.8) is 0 Å². The fraction of sp³-hybridized carbons (Fsp3) is 0.781. The highest BCUT2D eigenvalue weighted by atomic mass is 31.2. The molecule has 1 N–H and O–H groups in total. The number of unbranched alkanes of at least 4 members (excludes halogenated alkanes) is 30. The molecule has 10 heteroatoms. The lowest BCUT2D eigenvalue weighted by Gasteiger charge is -2.30. The summed E-state index contributed by atoms with van der Waals surface area (Å²) in [5.41, 5.74) is 0. The second kappa shape index (κ2) is 53.8. The summed E-state index contributed by atoms with van der Waals surface area (Å²) in [6.07, 6.45) is 68.6. The number of hydrogen-bond donors (Lipinski definition) is 1. The van der Waals surface area contributed by atoms with Gasteiger partial charge in [0, 0.05) is 12.8 Å². The number of nitrogens with zero attached hydrogens (tertiary/aromatic N) is 1. The Morgan fingerprint density at radius 3 is 1.35 bits per heavy atom. The van der Waals surface area contributed by atoms with Gasteiger partial charge in [0.2, 0.25) is 5.91 Å². The lowest BCUT2D eigenvalue weighted by atomic mass is 10.0. The molecule has 430 valence electrons. The minimum absolute atomic E-state index is 0.0318. The first-order chi connectivity index (χ1) is 35.9. The number of ether oxygens (including phenoxy) is 1. The number of carbonyl (C=O) groups excluding carboxylic acids is 2. The number of allylic oxidation sites excluding steroid dienone is 11. The van der Waals surface area contributed by atoms with Crippen molar-refractivity contribution in [1.29, 1.82) is 0 Å². The first-order valence-corrected chi connectivity index (χ1v) is 32.2. The van der Waals surface area contributed by atoms with E-state index in [9.17, 15) is 19.0 Å². The Morgan fingerprint density at radius 2 is 0.865 bits per heavy atom. The highest BCUT2D eigenvalue weighted by Gasteiger charge is 2.27. The summed E-state index contributed by atoms with van der Waals surface area (Å²) >= 11 is 0. The van der Waals surface area contributed by atoms with Crippen molar-refractivity contribution in [2.75, 3.05) is 40.9 Å². The van der Waals surface area contributed by atoms with Crippen LogP contribution in [0, 0.1) is 0 Å². The van der Waals surface area contributed by atoms with Gasteiger partial charge >= 0.3 is 5.97 Å². The van der Waals surface area contributed by atoms with Crippen LogP contribution in [0.2, 0.25) is 0 Å². The average molecular weight is 1060 g/mol. The van der Waals surface area contributed by atoms with Gasteiger partial charge in [-0.2, -0.15) is 0 Å². The molecule has 3 atom stereocenters. The molecule has 0 aromatic rings. The third-order valence-electron chi connectivity index (χ3n) is 13.4. The zero-order valence-corrected chi connectivity index (χ0v) is 49.9. The number of amides is 1. The van der Waals surface area contributed by atoms with E-state index in [1.807, 2.05) is 33.3 Å². The Bertz CT molecular complexity index is 1500. The van der Waals surface area contributed by atoms with E-state index in [2.05, 4.69) is 86.8 Å². The van der Waals surface area contributed by atoms with Crippen molar-refractivity contribution in [3.05, 3.63) is 72.9 Å². The molecule has 0 saturated carbocycles. The van der Waals surface area contributed by atoms with Gasteiger partial charge in [0.15, 0.2) is 0 Å². The fourth-order valence-corrected chi connectivity index (χ4v) is 9.30. The normalized spacial score (nSPS) is 14.2. The highest BCUT2D eigenvalue weighted by Crippen LogP contribution is 2.38. The van der Waals surface area contributed by atoms with Crippen molar-refractivity contribution in [2.24, 2.45) is 0 Å². The zero-order valence-electron chi connectivity index (χ0n) is 49.0. The summed E-state index contributed by atoms with van der Waals surface area (Å²) in [6.45, 7) is 6.79. The fourth-order valence-electron chi connectivity index (χ4n) is 8.58. The van der Waals surface area contributed by atoms with Crippen LogP contribution in [0.3, 0.4) is 0 Å². The van der Waals surface area contributed by atoms with E-state index in [0.717, 1.165) is 96.3 Å². The molecule has 0 fully saturated rings. The van der Waals surface area contributed by atoms with E-state index in [1.54, 1.807) is 0 Å². The van der Waals surface area contributed by atoms with Crippen LogP contribution in [-0.2, 0) is 27.9 Å². The third kappa shape index (κ3) is 54.2. The molecule has 0 spiro atoms. The molecule has 0 aliphatic heterocycles. The maximum Gasteiger partial charge on any atom is 0.306 e. The molecule has 0 aliphatic rings. The molecule has 74 heavy (non-hydrogen) atoms. The molecule has 0 radical (unpaired) electrons. The Balaban J connectivity index is 5.38. The Kier molecular flexibility index (Phi) is 52.0. The number of phosphoric acid groups is 1. The van der Waals surface area contributed by atoms with Crippen molar-refractivity contribution in [1.82, 2.24) is 5.32 Å². The van der Waals surface area contributed by atoms with Crippen molar-refractivity contribution >= 4 is 19.7 Å². The monoisotopic (exact) mass is 1060 g/mol. The van der Waals surface area contributed by atoms with Crippen molar-refractivity contribution in [2.45, 2.75) is 283 Å². The topological polar surface area (TPSA) is 114 Å². The van der Waals surface area contributed by atoms with Gasteiger partial charge in [0.1, 0.15) is 19.3 Å². The van der Waals surface area contributed by atoms with Crippen LogP contribution in [0.25, 0.3) is 0 Å².